The Balaban J connectivity index is 2.69. The molecule has 1 aliphatic rings. The Labute approximate surface area is 226 Å². The maximum atomic E-state index is 14.3. The summed E-state index contributed by atoms with van der Waals surface area (Å²) >= 11 is 14.5. The molecule has 2 amide bonds. The highest BCUT2D eigenvalue weighted by Crippen LogP contribution is 2.51. The molecule has 0 fully saturated rings. The van der Waals surface area contributed by atoms with Crippen LogP contribution >= 0.6 is 23.2 Å². The summed E-state index contributed by atoms with van der Waals surface area (Å²) < 4.78 is 11.4. The SMILES string of the molecule is COc1ccccc1N(COC(C)C)C(=O)C(C)(Cl)C(Cl)(C(=O)NC(C)C)C1=CC(C)CC(C)(C)C1. The molecule has 36 heavy (non-hydrogen) atoms. The van der Waals surface area contributed by atoms with Crippen LogP contribution in [-0.2, 0) is 14.3 Å². The molecule has 1 aromatic carbocycles. The van der Waals surface area contributed by atoms with Crippen LogP contribution in [0.3, 0.4) is 0 Å². The van der Waals surface area contributed by atoms with Crippen LogP contribution in [0.25, 0.3) is 0 Å². The number of nitrogens with one attached hydrogen (secondary N) is 1. The first-order valence-corrected chi connectivity index (χ1v) is 13.3. The minimum Gasteiger partial charge on any atom is -0.495 e. The molecule has 202 valence electrons. The fourth-order valence-electron chi connectivity index (χ4n) is 4.89. The molecule has 0 aromatic heterocycles. The van der Waals surface area contributed by atoms with Gasteiger partial charge in [0.25, 0.3) is 5.91 Å². The van der Waals surface area contributed by atoms with Gasteiger partial charge in [0.15, 0.2) is 9.75 Å². The molecule has 2 rings (SSSR count). The van der Waals surface area contributed by atoms with Crippen LogP contribution in [0.1, 0.15) is 68.2 Å². The molecule has 1 aromatic rings. The van der Waals surface area contributed by atoms with Crippen LogP contribution in [0, 0.1) is 11.3 Å². The number of benzene rings is 1. The van der Waals surface area contributed by atoms with Crippen molar-refractivity contribution in [2.75, 3.05) is 18.7 Å². The van der Waals surface area contributed by atoms with E-state index in [4.69, 9.17) is 32.7 Å². The van der Waals surface area contributed by atoms with Gasteiger partial charge < -0.3 is 14.8 Å². The maximum Gasteiger partial charge on any atom is 0.252 e. The van der Waals surface area contributed by atoms with Gasteiger partial charge in [-0.15, -0.1) is 23.2 Å². The van der Waals surface area contributed by atoms with E-state index in [9.17, 15) is 9.59 Å². The molecule has 3 unspecified atom stereocenters. The summed E-state index contributed by atoms with van der Waals surface area (Å²) in [7, 11) is 1.53. The molecule has 0 radical (unpaired) electrons. The number of halogens is 2. The van der Waals surface area contributed by atoms with Gasteiger partial charge in [0.05, 0.1) is 18.9 Å². The van der Waals surface area contributed by atoms with Crippen molar-refractivity contribution >= 4 is 40.7 Å². The number of para-hydroxylation sites is 2. The van der Waals surface area contributed by atoms with Gasteiger partial charge in [-0.3, -0.25) is 14.5 Å². The monoisotopic (exact) mass is 540 g/mol. The lowest BCUT2D eigenvalue weighted by atomic mass is 9.67. The van der Waals surface area contributed by atoms with Crippen molar-refractivity contribution in [3.05, 3.63) is 35.9 Å². The molecule has 1 aliphatic carbocycles. The zero-order chi connectivity index (χ0) is 27.5. The van der Waals surface area contributed by atoms with Gasteiger partial charge in [0.2, 0.25) is 5.91 Å². The lowest BCUT2D eigenvalue weighted by molar-refractivity contribution is -0.130. The van der Waals surface area contributed by atoms with Crippen LogP contribution < -0.4 is 15.0 Å². The summed E-state index contributed by atoms with van der Waals surface area (Å²) in [6.07, 6.45) is 3.34. The summed E-state index contributed by atoms with van der Waals surface area (Å²) in [5.74, 6) is -0.402. The van der Waals surface area contributed by atoms with Gasteiger partial charge in [0.1, 0.15) is 12.5 Å². The number of allylic oxidation sites excluding steroid dienone is 1. The molecule has 0 bridgehead atoms. The van der Waals surface area contributed by atoms with Crippen LogP contribution in [-0.4, -0.2) is 47.5 Å². The Morgan fingerprint density at radius 2 is 1.81 bits per heavy atom. The van der Waals surface area contributed by atoms with Crippen LogP contribution in [0.15, 0.2) is 35.9 Å². The van der Waals surface area contributed by atoms with Crippen molar-refractivity contribution in [1.82, 2.24) is 5.32 Å². The van der Waals surface area contributed by atoms with E-state index in [1.54, 1.807) is 18.2 Å². The number of methoxy groups -OCH3 is 1. The normalized spacial score (nSPS) is 20.8. The molecular weight excluding hydrogens is 499 g/mol. The molecule has 8 heteroatoms. The molecule has 0 spiro atoms. The van der Waals surface area contributed by atoms with Gasteiger partial charge in [-0.1, -0.05) is 39.0 Å². The Hall–Kier alpha value is -1.76. The fourth-order valence-corrected chi connectivity index (χ4v) is 5.47. The van der Waals surface area contributed by atoms with Gasteiger partial charge in [0, 0.05) is 6.04 Å². The summed E-state index contributed by atoms with van der Waals surface area (Å²) in [6, 6.07) is 6.92. The second kappa shape index (κ2) is 11.7. The number of alkyl halides is 2. The van der Waals surface area contributed by atoms with E-state index in [1.165, 1.54) is 18.9 Å². The third-order valence-corrected chi connectivity index (χ3v) is 7.75. The lowest BCUT2D eigenvalue weighted by Gasteiger charge is -2.46. The smallest absolute Gasteiger partial charge is 0.252 e. The number of hydrogen-bond donors (Lipinski definition) is 1. The van der Waals surface area contributed by atoms with Gasteiger partial charge in [-0.25, -0.2) is 0 Å². The van der Waals surface area contributed by atoms with Gasteiger partial charge in [-0.2, -0.15) is 0 Å². The first-order valence-electron chi connectivity index (χ1n) is 12.5. The minimum absolute atomic E-state index is 0.0844. The van der Waals surface area contributed by atoms with E-state index in [0.717, 1.165) is 6.42 Å². The quantitative estimate of drug-likeness (QED) is 0.215. The van der Waals surface area contributed by atoms with E-state index in [-0.39, 0.29) is 30.2 Å². The molecule has 1 N–H and O–H groups in total. The highest BCUT2D eigenvalue weighted by molar-refractivity contribution is 6.51. The molecule has 0 saturated carbocycles. The van der Waals surface area contributed by atoms with Crippen molar-refractivity contribution in [3.8, 4) is 5.75 Å². The molecule has 6 nitrogen and oxygen atoms in total. The van der Waals surface area contributed by atoms with Crippen LogP contribution in [0.5, 0.6) is 5.75 Å². The number of anilines is 1. The van der Waals surface area contributed by atoms with Gasteiger partial charge in [-0.05, 0) is 76.5 Å². The van der Waals surface area contributed by atoms with E-state index in [0.29, 0.717) is 23.4 Å². The standard InChI is InChI=1S/C28H42Cl2N2O4/c1-18(2)31-24(33)28(30,21-14-20(5)15-26(6,7)16-21)27(8,29)25(34)32(17-36-19(3)4)22-12-10-11-13-23(22)35-9/h10-14,18-20H,15-17H2,1-9H3,(H,31,33). The fraction of sp³-hybridized carbons (Fsp3) is 0.643. The number of nitrogens with zero attached hydrogens (tertiary/aromatic N) is 1. The Bertz CT molecular complexity index is 974. The average molecular weight is 542 g/mol. The first kappa shape index (κ1) is 30.5. The van der Waals surface area contributed by atoms with Crippen molar-refractivity contribution in [2.45, 2.75) is 90.1 Å². The van der Waals surface area contributed by atoms with Crippen molar-refractivity contribution in [1.29, 1.82) is 0 Å². The second-order valence-electron chi connectivity index (χ2n) is 11.3. The molecule has 3 atom stereocenters. The second-order valence-corrected chi connectivity index (χ2v) is 12.6. The molecular formula is C28H42Cl2N2O4. The van der Waals surface area contributed by atoms with Crippen LogP contribution in [0.2, 0.25) is 0 Å². The Morgan fingerprint density at radius 3 is 2.33 bits per heavy atom. The number of rotatable bonds is 10. The molecule has 0 saturated heterocycles. The predicted molar refractivity (Wildman–Crippen MR) is 148 cm³/mol. The lowest BCUT2D eigenvalue weighted by Crippen LogP contribution is -2.64. The minimum atomic E-state index is -1.85. The third kappa shape index (κ3) is 6.56. The van der Waals surface area contributed by atoms with E-state index >= 15 is 0 Å². The van der Waals surface area contributed by atoms with Crippen LogP contribution in [0.4, 0.5) is 5.69 Å². The largest absolute Gasteiger partial charge is 0.495 e. The van der Waals surface area contributed by atoms with E-state index in [2.05, 4.69) is 26.1 Å². The molecule has 0 heterocycles. The number of ether oxygens (including phenoxy) is 2. The summed E-state index contributed by atoms with van der Waals surface area (Å²) in [5.41, 5.74) is 1.02. The Morgan fingerprint density at radius 1 is 1.19 bits per heavy atom. The maximum absolute atomic E-state index is 14.3. The number of amides is 2. The summed E-state index contributed by atoms with van der Waals surface area (Å²) in [4.78, 5) is 25.9. The van der Waals surface area contributed by atoms with Crippen molar-refractivity contribution in [2.24, 2.45) is 11.3 Å². The van der Waals surface area contributed by atoms with Gasteiger partial charge >= 0.3 is 0 Å². The highest BCUT2D eigenvalue weighted by Gasteiger charge is 2.61. The highest BCUT2D eigenvalue weighted by atomic mass is 35.5. The van der Waals surface area contributed by atoms with Crippen molar-refractivity contribution < 1.29 is 19.1 Å². The molecule has 0 aliphatic heterocycles. The first-order chi connectivity index (χ1) is 16.6. The number of hydrogen-bond acceptors (Lipinski definition) is 4. The number of carbonyl (C=O) groups is 2. The van der Waals surface area contributed by atoms with E-state index < -0.39 is 21.6 Å². The zero-order valence-electron chi connectivity index (χ0n) is 23.1. The summed E-state index contributed by atoms with van der Waals surface area (Å²) in [6.45, 7) is 15.3. The van der Waals surface area contributed by atoms with E-state index in [1.807, 2.05) is 39.8 Å². The Kier molecular flexibility index (Phi) is 9.94. The van der Waals surface area contributed by atoms with Crippen molar-refractivity contribution in [3.63, 3.8) is 0 Å². The summed E-state index contributed by atoms with van der Waals surface area (Å²) in [5, 5.41) is 2.91. The average Bonchev–Trinajstić information content (AvgIpc) is 2.76. The zero-order valence-corrected chi connectivity index (χ0v) is 24.6. The number of carbonyl (C=O) groups excluding carboxylic acids is 2. The topological polar surface area (TPSA) is 67.9 Å². The predicted octanol–water partition coefficient (Wildman–Crippen LogP) is 6.29. The third-order valence-electron chi connectivity index (χ3n) is 6.41.